The first-order valence-electron chi connectivity index (χ1n) is 7.26. The van der Waals surface area contributed by atoms with Gasteiger partial charge in [-0.2, -0.15) is 0 Å². The average molecular weight is 268 g/mol. The maximum absolute atomic E-state index is 12.8. The Balaban J connectivity index is 2.21. The zero-order chi connectivity index (χ0) is 14.0. The summed E-state index contributed by atoms with van der Waals surface area (Å²) in [6.45, 7) is 2.45. The fraction of sp³-hybridized carbons (Fsp3) is 0.857. The van der Waals surface area contributed by atoms with Crippen LogP contribution in [0.1, 0.15) is 51.9 Å². The van der Waals surface area contributed by atoms with Gasteiger partial charge in [0, 0.05) is 12.6 Å². The average Bonchev–Trinajstić information content (AvgIpc) is 2.60. The summed E-state index contributed by atoms with van der Waals surface area (Å²) in [4.78, 5) is 25.8. The number of hydrogen-bond acceptors (Lipinski definition) is 3. The molecule has 2 rings (SSSR count). The molecular formula is C14H24N2O3. The molecule has 2 fully saturated rings. The molecule has 3 unspecified atom stereocenters. The lowest BCUT2D eigenvalue weighted by Crippen LogP contribution is -2.54. The molecule has 1 aliphatic carbocycles. The van der Waals surface area contributed by atoms with Crippen LogP contribution in [-0.2, 0) is 9.59 Å². The van der Waals surface area contributed by atoms with Crippen LogP contribution in [0.3, 0.4) is 0 Å². The van der Waals surface area contributed by atoms with Gasteiger partial charge in [0.2, 0.25) is 5.91 Å². The van der Waals surface area contributed by atoms with Crippen molar-refractivity contribution >= 4 is 11.9 Å². The van der Waals surface area contributed by atoms with Gasteiger partial charge in [0.1, 0.15) is 6.04 Å². The normalized spacial score (nSPS) is 36.0. The van der Waals surface area contributed by atoms with E-state index in [-0.39, 0.29) is 11.9 Å². The van der Waals surface area contributed by atoms with Crippen molar-refractivity contribution in [1.29, 1.82) is 0 Å². The van der Waals surface area contributed by atoms with E-state index in [1.165, 1.54) is 0 Å². The maximum atomic E-state index is 12.8. The van der Waals surface area contributed by atoms with Gasteiger partial charge in [0.25, 0.3) is 0 Å². The van der Waals surface area contributed by atoms with Crippen LogP contribution in [0.4, 0.5) is 0 Å². The molecule has 1 heterocycles. The number of likely N-dealkylation sites (tertiary alicyclic amines) is 1. The number of carboxylic acids is 1. The molecular weight excluding hydrogens is 244 g/mol. The minimum atomic E-state index is -0.884. The number of carbonyl (C=O) groups excluding carboxylic acids is 1. The quantitative estimate of drug-likeness (QED) is 0.792. The lowest BCUT2D eigenvalue weighted by molar-refractivity contribution is -0.155. The summed E-state index contributed by atoms with van der Waals surface area (Å²) in [6, 6.07) is -0.808. The molecule has 5 nitrogen and oxygen atoms in total. The Morgan fingerprint density at radius 1 is 1.21 bits per heavy atom. The Labute approximate surface area is 114 Å². The second-order valence-corrected chi connectivity index (χ2v) is 6.12. The van der Waals surface area contributed by atoms with Crippen LogP contribution in [0.15, 0.2) is 0 Å². The second-order valence-electron chi connectivity index (χ2n) is 6.12. The summed E-state index contributed by atoms with van der Waals surface area (Å²) >= 11 is 0. The monoisotopic (exact) mass is 268 g/mol. The van der Waals surface area contributed by atoms with Crippen molar-refractivity contribution in [2.24, 2.45) is 11.1 Å². The number of hydrogen-bond donors (Lipinski definition) is 2. The van der Waals surface area contributed by atoms with Gasteiger partial charge in [-0.15, -0.1) is 0 Å². The molecule has 1 saturated carbocycles. The number of nitrogens with two attached hydrogens (primary N) is 1. The van der Waals surface area contributed by atoms with E-state index in [9.17, 15) is 14.7 Å². The molecule has 0 aromatic carbocycles. The van der Waals surface area contributed by atoms with Crippen LogP contribution in [0.2, 0.25) is 0 Å². The van der Waals surface area contributed by atoms with Crippen molar-refractivity contribution < 1.29 is 14.7 Å². The lowest BCUT2D eigenvalue weighted by Gasteiger charge is -2.36. The molecule has 0 spiro atoms. The SMILES string of the molecule is CC1(C(=O)N2CCCCCC2C(=O)O)CCCC1N. The third kappa shape index (κ3) is 2.61. The third-order valence-electron chi connectivity index (χ3n) is 4.82. The Morgan fingerprint density at radius 2 is 1.95 bits per heavy atom. The van der Waals surface area contributed by atoms with Gasteiger partial charge in [0.05, 0.1) is 5.41 Å². The standard InChI is InChI=1S/C14H24N2O3/c1-14(8-5-7-11(14)15)13(19)16-9-4-2-3-6-10(16)12(17)18/h10-11H,2-9,15H2,1H3,(H,17,18). The fourth-order valence-corrected chi connectivity index (χ4v) is 3.39. The molecule has 19 heavy (non-hydrogen) atoms. The van der Waals surface area contributed by atoms with Gasteiger partial charge < -0.3 is 15.7 Å². The van der Waals surface area contributed by atoms with E-state index < -0.39 is 17.4 Å². The summed E-state index contributed by atoms with van der Waals surface area (Å²) in [5, 5.41) is 9.35. The van der Waals surface area contributed by atoms with Crippen molar-refractivity contribution in [1.82, 2.24) is 4.90 Å². The highest BCUT2D eigenvalue weighted by atomic mass is 16.4. The van der Waals surface area contributed by atoms with Crippen LogP contribution in [-0.4, -0.2) is 40.5 Å². The van der Waals surface area contributed by atoms with Crippen molar-refractivity contribution in [3.8, 4) is 0 Å². The van der Waals surface area contributed by atoms with Crippen molar-refractivity contribution in [2.45, 2.75) is 64.0 Å². The molecule has 108 valence electrons. The van der Waals surface area contributed by atoms with Gasteiger partial charge >= 0.3 is 5.97 Å². The van der Waals surface area contributed by atoms with E-state index in [0.717, 1.165) is 38.5 Å². The molecule has 1 aliphatic heterocycles. The highest BCUT2D eigenvalue weighted by Gasteiger charge is 2.47. The number of rotatable bonds is 2. The molecule has 5 heteroatoms. The smallest absolute Gasteiger partial charge is 0.326 e. The Hall–Kier alpha value is -1.10. The number of amides is 1. The minimum Gasteiger partial charge on any atom is -0.480 e. The van der Waals surface area contributed by atoms with E-state index >= 15 is 0 Å². The summed E-state index contributed by atoms with van der Waals surface area (Å²) < 4.78 is 0. The highest BCUT2D eigenvalue weighted by Crippen LogP contribution is 2.39. The van der Waals surface area contributed by atoms with Gasteiger partial charge in [-0.05, 0) is 32.6 Å². The summed E-state index contributed by atoms with van der Waals surface area (Å²) in [5.41, 5.74) is 5.52. The second kappa shape index (κ2) is 5.49. The molecule has 3 N–H and O–H groups in total. The third-order valence-corrected chi connectivity index (χ3v) is 4.82. The maximum Gasteiger partial charge on any atom is 0.326 e. The van der Waals surface area contributed by atoms with E-state index in [0.29, 0.717) is 13.0 Å². The lowest BCUT2D eigenvalue weighted by atomic mass is 9.83. The summed E-state index contributed by atoms with van der Waals surface area (Å²) in [7, 11) is 0. The molecule has 0 radical (unpaired) electrons. The number of carbonyl (C=O) groups is 2. The molecule has 0 aromatic heterocycles. The largest absolute Gasteiger partial charge is 0.480 e. The van der Waals surface area contributed by atoms with Crippen molar-refractivity contribution in [3.63, 3.8) is 0 Å². The van der Waals surface area contributed by atoms with E-state index in [4.69, 9.17) is 5.73 Å². The molecule has 0 bridgehead atoms. The fourth-order valence-electron chi connectivity index (χ4n) is 3.39. The Morgan fingerprint density at radius 3 is 2.53 bits per heavy atom. The van der Waals surface area contributed by atoms with Gasteiger partial charge in [-0.25, -0.2) is 4.79 Å². The van der Waals surface area contributed by atoms with Crippen LogP contribution < -0.4 is 5.73 Å². The summed E-state index contributed by atoms with van der Waals surface area (Å²) in [6.07, 6.45) is 5.91. The van der Waals surface area contributed by atoms with Crippen molar-refractivity contribution in [3.05, 3.63) is 0 Å². The molecule has 1 amide bonds. The molecule has 1 saturated heterocycles. The van der Waals surface area contributed by atoms with Crippen LogP contribution in [0, 0.1) is 5.41 Å². The van der Waals surface area contributed by atoms with Crippen LogP contribution in [0.25, 0.3) is 0 Å². The zero-order valence-electron chi connectivity index (χ0n) is 11.6. The first-order valence-corrected chi connectivity index (χ1v) is 7.26. The topological polar surface area (TPSA) is 83.6 Å². The van der Waals surface area contributed by atoms with Gasteiger partial charge in [-0.1, -0.05) is 19.3 Å². The Bertz CT molecular complexity index is 372. The Kier molecular flexibility index (Phi) is 4.13. The first-order chi connectivity index (χ1) is 8.97. The molecule has 2 aliphatic rings. The minimum absolute atomic E-state index is 0.0493. The van der Waals surface area contributed by atoms with Crippen molar-refractivity contribution in [2.75, 3.05) is 6.54 Å². The van der Waals surface area contributed by atoms with E-state index in [1.807, 2.05) is 6.92 Å². The number of carboxylic acid groups (broad SMARTS) is 1. The van der Waals surface area contributed by atoms with E-state index in [2.05, 4.69) is 0 Å². The van der Waals surface area contributed by atoms with E-state index in [1.54, 1.807) is 4.90 Å². The van der Waals surface area contributed by atoms with Gasteiger partial charge in [0.15, 0.2) is 0 Å². The van der Waals surface area contributed by atoms with Crippen LogP contribution >= 0.6 is 0 Å². The first kappa shape index (κ1) is 14.3. The highest BCUT2D eigenvalue weighted by molar-refractivity contribution is 5.88. The van der Waals surface area contributed by atoms with Gasteiger partial charge in [-0.3, -0.25) is 4.79 Å². The zero-order valence-corrected chi connectivity index (χ0v) is 11.6. The predicted molar refractivity (Wildman–Crippen MR) is 71.5 cm³/mol. The number of nitrogens with zero attached hydrogens (tertiary/aromatic N) is 1. The summed E-state index contributed by atoms with van der Waals surface area (Å²) in [5.74, 6) is -0.933. The molecule has 0 aromatic rings. The molecule has 3 atom stereocenters. The van der Waals surface area contributed by atoms with Crippen LogP contribution in [0.5, 0.6) is 0 Å². The predicted octanol–water partition coefficient (Wildman–Crippen LogP) is 1.36. The number of aliphatic carboxylic acids is 1.